The highest BCUT2D eigenvalue weighted by Crippen LogP contribution is 2.30. The summed E-state index contributed by atoms with van der Waals surface area (Å²) in [5.74, 6) is 0.349. The van der Waals surface area contributed by atoms with Gasteiger partial charge in [-0.2, -0.15) is 0 Å². The van der Waals surface area contributed by atoms with Crippen LogP contribution < -0.4 is 14.8 Å². The Morgan fingerprint density at radius 1 is 0.972 bits per heavy atom. The first-order valence-corrected chi connectivity index (χ1v) is 13.5. The van der Waals surface area contributed by atoms with E-state index in [-0.39, 0.29) is 27.7 Å². The lowest BCUT2D eigenvalue weighted by molar-refractivity contribution is 0.0951. The second-order valence-corrected chi connectivity index (χ2v) is 10.9. The average molecular weight is 607 g/mol. The van der Waals surface area contributed by atoms with Crippen LogP contribution in [0.5, 0.6) is 11.5 Å². The Morgan fingerprint density at radius 3 is 2.42 bits per heavy atom. The zero-order valence-electron chi connectivity index (χ0n) is 18.4. The van der Waals surface area contributed by atoms with E-state index in [1.807, 2.05) is 0 Å². The molecule has 0 aliphatic carbocycles. The predicted molar refractivity (Wildman–Crippen MR) is 143 cm³/mol. The molecule has 1 heterocycles. The smallest absolute Gasteiger partial charge is 0.261 e. The first-order chi connectivity index (χ1) is 17.2. The lowest BCUT2D eigenvalue weighted by Crippen LogP contribution is -2.25. The Balaban J connectivity index is 1.50. The molecule has 1 aromatic heterocycles. The highest BCUT2D eigenvalue weighted by atomic mass is 79.9. The Hall–Kier alpha value is -3.11. The maximum absolute atomic E-state index is 13.0. The Kier molecular flexibility index (Phi) is 8.15. The molecule has 0 atom stereocenters. The molecule has 0 aliphatic rings. The van der Waals surface area contributed by atoms with Crippen LogP contribution in [0.15, 0.2) is 94.4 Å². The first-order valence-electron chi connectivity index (χ1n) is 10.4. The van der Waals surface area contributed by atoms with E-state index >= 15 is 0 Å². The van der Waals surface area contributed by atoms with Crippen LogP contribution in [-0.2, 0) is 16.6 Å². The van der Waals surface area contributed by atoms with Crippen molar-refractivity contribution in [1.82, 2.24) is 10.3 Å². The molecule has 4 rings (SSSR count). The van der Waals surface area contributed by atoms with E-state index in [2.05, 4.69) is 31.0 Å². The molecule has 7 nitrogen and oxygen atoms in total. The maximum atomic E-state index is 13.0. The third-order valence-corrected chi connectivity index (χ3v) is 7.29. The van der Waals surface area contributed by atoms with Gasteiger partial charge in [-0.25, -0.2) is 8.42 Å². The summed E-state index contributed by atoms with van der Waals surface area (Å²) in [6.45, 7) is 0.151. The van der Waals surface area contributed by atoms with Gasteiger partial charge in [0.15, 0.2) is 0 Å². The van der Waals surface area contributed by atoms with Crippen molar-refractivity contribution in [1.29, 1.82) is 0 Å². The van der Waals surface area contributed by atoms with Gasteiger partial charge in [-0.05, 0) is 82.7 Å². The standard InChI is InChI=1S/C25H18BrCl2N3O4S/c26-16-5-7-18(29-14-16)15-30-25(32)21-13-17(27)6-12-23(21)31-36(33,34)20-10-8-19(9-11-20)35-24-4-2-1-3-22(24)28/h1-14,31H,15H2,(H,30,32). The topological polar surface area (TPSA) is 97.4 Å². The van der Waals surface area contributed by atoms with E-state index in [9.17, 15) is 13.2 Å². The summed E-state index contributed by atoms with van der Waals surface area (Å²) in [5, 5.41) is 3.44. The molecule has 36 heavy (non-hydrogen) atoms. The number of carbonyl (C=O) groups excluding carboxylic acids is 1. The molecule has 11 heteroatoms. The van der Waals surface area contributed by atoms with Gasteiger partial charge in [0, 0.05) is 15.7 Å². The van der Waals surface area contributed by atoms with Crippen molar-refractivity contribution in [3.8, 4) is 11.5 Å². The van der Waals surface area contributed by atoms with Crippen molar-refractivity contribution in [3.63, 3.8) is 0 Å². The van der Waals surface area contributed by atoms with Crippen LogP contribution in [0.25, 0.3) is 0 Å². The molecule has 184 valence electrons. The number of anilines is 1. The van der Waals surface area contributed by atoms with E-state index in [1.54, 1.807) is 42.6 Å². The van der Waals surface area contributed by atoms with Crippen LogP contribution in [0.1, 0.15) is 16.1 Å². The SMILES string of the molecule is O=C(NCc1ccc(Br)cn1)c1cc(Cl)ccc1NS(=O)(=O)c1ccc(Oc2ccccc2Cl)cc1. The number of benzene rings is 3. The number of carbonyl (C=O) groups is 1. The molecule has 1 amide bonds. The van der Waals surface area contributed by atoms with Crippen molar-refractivity contribution < 1.29 is 17.9 Å². The summed E-state index contributed by atoms with van der Waals surface area (Å²) < 4.78 is 35.1. The van der Waals surface area contributed by atoms with E-state index < -0.39 is 15.9 Å². The van der Waals surface area contributed by atoms with E-state index in [0.717, 1.165) is 4.47 Å². The minimum absolute atomic E-state index is 0.0191. The third-order valence-electron chi connectivity index (χ3n) is 4.89. The Labute approximate surface area is 226 Å². The van der Waals surface area contributed by atoms with E-state index in [1.165, 1.54) is 42.5 Å². The van der Waals surface area contributed by atoms with Gasteiger partial charge in [0.2, 0.25) is 0 Å². The summed E-state index contributed by atoms with van der Waals surface area (Å²) in [6, 6.07) is 20.6. The fourth-order valence-corrected chi connectivity index (χ4v) is 4.78. The zero-order chi connectivity index (χ0) is 25.7. The van der Waals surface area contributed by atoms with Crippen LogP contribution in [0.2, 0.25) is 10.0 Å². The van der Waals surface area contributed by atoms with Gasteiger partial charge in [-0.1, -0.05) is 35.3 Å². The number of para-hydroxylation sites is 1. The monoisotopic (exact) mass is 605 g/mol. The highest BCUT2D eigenvalue weighted by molar-refractivity contribution is 9.10. The summed E-state index contributed by atoms with van der Waals surface area (Å²) in [7, 11) is -4.02. The first kappa shape index (κ1) is 26.0. The predicted octanol–water partition coefficient (Wildman–Crippen LogP) is 6.67. The highest BCUT2D eigenvalue weighted by Gasteiger charge is 2.20. The molecule has 0 saturated heterocycles. The molecular formula is C25H18BrCl2N3O4S. The van der Waals surface area contributed by atoms with E-state index in [0.29, 0.717) is 22.2 Å². The molecule has 4 aromatic rings. The summed E-state index contributed by atoms with van der Waals surface area (Å²) in [4.78, 5) is 17.0. The second kappa shape index (κ2) is 11.3. The molecular weight excluding hydrogens is 589 g/mol. The van der Waals surface area contributed by atoms with Gasteiger partial charge in [-0.15, -0.1) is 0 Å². The summed E-state index contributed by atoms with van der Waals surface area (Å²) in [6.07, 6.45) is 1.62. The number of amides is 1. The molecule has 0 radical (unpaired) electrons. The molecule has 2 N–H and O–H groups in total. The van der Waals surface area contributed by atoms with Crippen LogP contribution in [0.3, 0.4) is 0 Å². The lowest BCUT2D eigenvalue weighted by Gasteiger charge is -2.14. The minimum atomic E-state index is -4.02. The van der Waals surface area contributed by atoms with Crippen molar-refractivity contribution in [2.75, 3.05) is 4.72 Å². The van der Waals surface area contributed by atoms with Gasteiger partial charge in [-0.3, -0.25) is 14.5 Å². The quantitative estimate of drug-likeness (QED) is 0.233. The number of halogens is 3. The Morgan fingerprint density at radius 2 is 1.72 bits per heavy atom. The molecule has 0 spiro atoms. The van der Waals surface area contributed by atoms with Gasteiger partial charge >= 0.3 is 0 Å². The zero-order valence-corrected chi connectivity index (χ0v) is 22.3. The van der Waals surface area contributed by atoms with Gasteiger partial charge in [0.25, 0.3) is 15.9 Å². The summed E-state index contributed by atoms with van der Waals surface area (Å²) >= 11 is 15.5. The second-order valence-electron chi connectivity index (χ2n) is 7.45. The summed E-state index contributed by atoms with van der Waals surface area (Å²) in [5.41, 5.74) is 0.786. The van der Waals surface area contributed by atoms with Crippen LogP contribution in [0, 0.1) is 0 Å². The molecule has 0 aliphatic heterocycles. The molecule has 0 bridgehead atoms. The number of rotatable bonds is 8. The number of sulfonamides is 1. The van der Waals surface area contributed by atoms with Gasteiger partial charge < -0.3 is 10.1 Å². The number of aromatic nitrogens is 1. The van der Waals surface area contributed by atoms with Crippen molar-refractivity contribution in [2.24, 2.45) is 0 Å². The molecule has 0 fully saturated rings. The average Bonchev–Trinajstić information content (AvgIpc) is 2.86. The normalized spacial score (nSPS) is 11.1. The van der Waals surface area contributed by atoms with Crippen LogP contribution >= 0.6 is 39.1 Å². The number of ether oxygens (including phenoxy) is 1. The largest absolute Gasteiger partial charge is 0.456 e. The number of hydrogen-bond donors (Lipinski definition) is 2. The fourth-order valence-electron chi connectivity index (χ4n) is 3.12. The molecule has 0 unspecified atom stereocenters. The number of nitrogens with one attached hydrogen (secondary N) is 2. The molecule has 0 saturated carbocycles. The lowest BCUT2D eigenvalue weighted by atomic mass is 10.1. The minimum Gasteiger partial charge on any atom is -0.456 e. The van der Waals surface area contributed by atoms with Crippen LogP contribution in [-0.4, -0.2) is 19.3 Å². The maximum Gasteiger partial charge on any atom is 0.261 e. The Bertz CT molecular complexity index is 1500. The van der Waals surface area contributed by atoms with Crippen molar-refractivity contribution in [3.05, 3.63) is 111 Å². The van der Waals surface area contributed by atoms with Crippen molar-refractivity contribution >= 4 is 60.7 Å². The molecule has 3 aromatic carbocycles. The number of pyridine rings is 1. The van der Waals surface area contributed by atoms with Gasteiger partial charge in [0.05, 0.1) is 33.4 Å². The third kappa shape index (κ3) is 6.55. The number of nitrogens with zero attached hydrogens (tertiary/aromatic N) is 1. The fraction of sp³-hybridized carbons (Fsp3) is 0.0400. The van der Waals surface area contributed by atoms with Crippen molar-refractivity contribution in [2.45, 2.75) is 11.4 Å². The number of hydrogen-bond acceptors (Lipinski definition) is 5. The van der Waals surface area contributed by atoms with Crippen LogP contribution in [0.4, 0.5) is 5.69 Å². The van der Waals surface area contributed by atoms with E-state index in [4.69, 9.17) is 27.9 Å². The van der Waals surface area contributed by atoms with Gasteiger partial charge in [0.1, 0.15) is 11.5 Å².